The summed E-state index contributed by atoms with van der Waals surface area (Å²) in [6, 6.07) is 4.97. The van der Waals surface area contributed by atoms with Crippen molar-refractivity contribution in [1.82, 2.24) is 5.32 Å². The molecule has 1 N–H and O–H groups in total. The van der Waals surface area contributed by atoms with Crippen molar-refractivity contribution in [2.45, 2.75) is 6.92 Å². The topological polar surface area (TPSA) is 73.9 Å². The SMILES string of the molecule is COCCNC(=O)COC(=O)c1ccc(C)c(OC)c1. The van der Waals surface area contributed by atoms with Gasteiger partial charge in [0, 0.05) is 13.7 Å². The first-order valence-corrected chi connectivity index (χ1v) is 6.16. The van der Waals surface area contributed by atoms with Crippen molar-refractivity contribution < 1.29 is 23.8 Å². The van der Waals surface area contributed by atoms with Crippen molar-refractivity contribution in [3.8, 4) is 5.75 Å². The van der Waals surface area contributed by atoms with E-state index < -0.39 is 5.97 Å². The van der Waals surface area contributed by atoms with E-state index in [0.29, 0.717) is 24.5 Å². The predicted molar refractivity (Wildman–Crippen MR) is 72.9 cm³/mol. The Morgan fingerprint density at radius 2 is 2.00 bits per heavy atom. The van der Waals surface area contributed by atoms with E-state index in [2.05, 4.69) is 5.32 Å². The number of esters is 1. The van der Waals surface area contributed by atoms with Crippen LogP contribution in [0.4, 0.5) is 0 Å². The molecular weight excluding hydrogens is 262 g/mol. The highest BCUT2D eigenvalue weighted by molar-refractivity contribution is 5.91. The van der Waals surface area contributed by atoms with E-state index in [1.54, 1.807) is 18.2 Å². The predicted octanol–water partition coefficient (Wildman–Crippen LogP) is 0.923. The summed E-state index contributed by atoms with van der Waals surface area (Å²) < 4.78 is 14.8. The van der Waals surface area contributed by atoms with Crippen LogP contribution in [-0.2, 0) is 14.3 Å². The number of carbonyl (C=O) groups is 2. The average Bonchev–Trinajstić information content (AvgIpc) is 2.45. The second-order valence-electron chi connectivity index (χ2n) is 4.10. The van der Waals surface area contributed by atoms with Gasteiger partial charge >= 0.3 is 5.97 Å². The zero-order chi connectivity index (χ0) is 15.0. The number of nitrogens with one attached hydrogen (secondary N) is 1. The number of hydrogen-bond acceptors (Lipinski definition) is 5. The minimum absolute atomic E-state index is 0.321. The van der Waals surface area contributed by atoms with Crippen molar-refractivity contribution in [3.63, 3.8) is 0 Å². The first kappa shape index (κ1) is 16.0. The van der Waals surface area contributed by atoms with E-state index in [9.17, 15) is 9.59 Å². The fraction of sp³-hybridized carbons (Fsp3) is 0.429. The Kier molecular flexibility index (Phi) is 6.52. The Bertz CT molecular complexity index is 473. The number of benzene rings is 1. The largest absolute Gasteiger partial charge is 0.496 e. The molecule has 0 atom stereocenters. The van der Waals surface area contributed by atoms with E-state index in [1.807, 2.05) is 6.92 Å². The molecule has 1 aromatic rings. The molecule has 0 spiro atoms. The van der Waals surface area contributed by atoms with E-state index in [0.717, 1.165) is 5.56 Å². The number of methoxy groups -OCH3 is 2. The molecule has 6 heteroatoms. The quantitative estimate of drug-likeness (QED) is 0.594. The molecule has 110 valence electrons. The lowest BCUT2D eigenvalue weighted by Crippen LogP contribution is -2.31. The zero-order valence-electron chi connectivity index (χ0n) is 11.9. The fourth-order valence-corrected chi connectivity index (χ4v) is 1.50. The van der Waals surface area contributed by atoms with E-state index >= 15 is 0 Å². The molecule has 0 unspecified atom stereocenters. The van der Waals surface area contributed by atoms with Crippen LogP contribution in [0.1, 0.15) is 15.9 Å². The Morgan fingerprint density at radius 1 is 1.25 bits per heavy atom. The standard InChI is InChI=1S/C14H19NO5/c1-10-4-5-11(8-12(10)19-3)14(17)20-9-13(16)15-6-7-18-2/h4-5,8H,6-7,9H2,1-3H3,(H,15,16). The summed E-state index contributed by atoms with van der Waals surface area (Å²) in [5, 5.41) is 2.56. The van der Waals surface area contributed by atoms with Crippen molar-refractivity contribution >= 4 is 11.9 Å². The van der Waals surface area contributed by atoms with Crippen LogP contribution in [0.3, 0.4) is 0 Å². The maximum atomic E-state index is 11.8. The molecule has 1 aromatic carbocycles. The zero-order valence-corrected chi connectivity index (χ0v) is 11.9. The summed E-state index contributed by atoms with van der Waals surface area (Å²) in [6.07, 6.45) is 0. The normalized spacial score (nSPS) is 9.95. The Labute approximate surface area is 118 Å². The van der Waals surface area contributed by atoms with Gasteiger partial charge in [-0.05, 0) is 24.6 Å². The van der Waals surface area contributed by atoms with Gasteiger partial charge in [0.05, 0.1) is 19.3 Å². The third-order valence-electron chi connectivity index (χ3n) is 2.61. The molecule has 0 heterocycles. The van der Waals surface area contributed by atoms with Crippen LogP contribution in [0.2, 0.25) is 0 Å². The molecule has 0 aliphatic rings. The number of carbonyl (C=O) groups excluding carboxylic acids is 2. The molecule has 0 radical (unpaired) electrons. The average molecular weight is 281 g/mol. The fourth-order valence-electron chi connectivity index (χ4n) is 1.50. The molecular formula is C14H19NO5. The summed E-state index contributed by atoms with van der Waals surface area (Å²) in [5.41, 5.74) is 1.26. The maximum absolute atomic E-state index is 11.8. The first-order valence-electron chi connectivity index (χ1n) is 6.16. The third kappa shape index (κ3) is 4.89. The highest BCUT2D eigenvalue weighted by Gasteiger charge is 2.11. The lowest BCUT2D eigenvalue weighted by molar-refractivity contribution is -0.124. The number of rotatable bonds is 7. The van der Waals surface area contributed by atoms with E-state index in [-0.39, 0.29) is 12.5 Å². The van der Waals surface area contributed by atoms with Gasteiger partial charge in [-0.3, -0.25) is 4.79 Å². The van der Waals surface area contributed by atoms with Crippen LogP contribution in [-0.4, -0.2) is 45.9 Å². The molecule has 0 aliphatic heterocycles. The molecule has 1 rings (SSSR count). The molecule has 0 aromatic heterocycles. The second kappa shape index (κ2) is 8.16. The van der Waals surface area contributed by atoms with Gasteiger partial charge in [0.1, 0.15) is 5.75 Å². The van der Waals surface area contributed by atoms with Gasteiger partial charge in [-0.25, -0.2) is 4.79 Å². The van der Waals surface area contributed by atoms with Crippen molar-refractivity contribution in [2.24, 2.45) is 0 Å². The molecule has 0 saturated heterocycles. The van der Waals surface area contributed by atoms with Crippen LogP contribution in [0.15, 0.2) is 18.2 Å². The first-order chi connectivity index (χ1) is 9.58. The summed E-state index contributed by atoms with van der Waals surface area (Å²) in [7, 11) is 3.07. The minimum Gasteiger partial charge on any atom is -0.496 e. The van der Waals surface area contributed by atoms with Crippen LogP contribution < -0.4 is 10.1 Å². The number of aryl methyl sites for hydroxylation is 1. The summed E-state index contributed by atoms with van der Waals surface area (Å²) in [4.78, 5) is 23.1. The van der Waals surface area contributed by atoms with Gasteiger partial charge in [-0.1, -0.05) is 6.07 Å². The summed E-state index contributed by atoms with van der Waals surface area (Å²) in [5.74, 6) is -0.330. The van der Waals surface area contributed by atoms with Crippen molar-refractivity contribution in [1.29, 1.82) is 0 Å². The van der Waals surface area contributed by atoms with E-state index in [4.69, 9.17) is 14.2 Å². The number of hydrogen-bond donors (Lipinski definition) is 1. The second-order valence-corrected chi connectivity index (χ2v) is 4.10. The number of amides is 1. The van der Waals surface area contributed by atoms with Gasteiger partial charge < -0.3 is 19.5 Å². The van der Waals surface area contributed by atoms with Crippen LogP contribution in [0.5, 0.6) is 5.75 Å². The van der Waals surface area contributed by atoms with Crippen LogP contribution in [0, 0.1) is 6.92 Å². The van der Waals surface area contributed by atoms with Gasteiger partial charge in [0.2, 0.25) is 0 Å². The summed E-state index contributed by atoms with van der Waals surface area (Å²) in [6.45, 7) is 2.34. The van der Waals surface area contributed by atoms with Crippen molar-refractivity contribution in [3.05, 3.63) is 29.3 Å². The van der Waals surface area contributed by atoms with Crippen LogP contribution in [0.25, 0.3) is 0 Å². The monoisotopic (exact) mass is 281 g/mol. The molecule has 0 saturated carbocycles. The highest BCUT2D eigenvalue weighted by atomic mass is 16.5. The van der Waals surface area contributed by atoms with Crippen LogP contribution >= 0.6 is 0 Å². The molecule has 1 amide bonds. The highest BCUT2D eigenvalue weighted by Crippen LogP contribution is 2.19. The molecule has 0 bridgehead atoms. The van der Waals surface area contributed by atoms with Gasteiger partial charge in [-0.15, -0.1) is 0 Å². The lowest BCUT2D eigenvalue weighted by Gasteiger charge is -2.08. The van der Waals surface area contributed by atoms with Gasteiger partial charge in [0.25, 0.3) is 5.91 Å². The Morgan fingerprint density at radius 3 is 2.65 bits per heavy atom. The van der Waals surface area contributed by atoms with E-state index in [1.165, 1.54) is 14.2 Å². The molecule has 20 heavy (non-hydrogen) atoms. The Balaban J connectivity index is 2.48. The summed E-state index contributed by atoms with van der Waals surface area (Å²) >= 11 is 0. The third-order valence-corrected chi connectivity index (χ3v) is 2.61. The van der Waals surface area contributed by atoms with Crippen molar-refractivity contribution in [2.75, 3.05) is 34.0 Å². The Hall–Kier alpha value is -2.08. The van der Waals surface area contributed by atoms with Gasteiger partial charge in [-0.2, -0.15) is 0 Å². The van der Waals surface area contributed by atoms with Gasteiger partial charge in [0.15, 0.2) is 6.61 Å². The lowest BCUT2D eigenvalue weighted by atomic mass is 10.1. The maximum Gasteiger partial charge on any atom is 0.338 e. The minimum atomic E-state index is -0.565. The molecule has 0 fully saturated rings. The molecule has 0 aliphatic carbocycles. The molecule has 6 nitrogen and oxygen atoms in total. The number of ether oxygens (including phenoxy) is 3. The smallest absolute Gasteiger partial charge is 0.338 e.